The van der Waals surface area contributed by atoms with E-state index in [0.717, 1.165) is 18.5 Å². The lowest BCUT2D eigenvalue weighted by atomic mass is 10.2. The lowest BCUT2D eigenvalue weighted by Gasteiger charge is -2.00. The molecule has 0 N–H and O–H groups in total. The molecule has 0 aliphatic carbocycles. The smallest absolute Gasteiger partial charge is 0.181 e. The van der Waals surface area contributed by atoms with Crippen LogP contribution in [0.25, 0.3) is 11.3 Å². The van der Waals surface area contributed by atoms with E-state index in [2.05, 4.69) is 20.9 Å². The van der Waals surface area contributed by atoms with E-state index in [1.165, 1.54) is 6.20 Å². The fourth-order valence-electron chi connectivity index (χ4n) is 1.06. The number of hydrogen-bond acceptors (Lipinski definition) is 2. The van der Waals surface area contributed by atoms with Crippen molar-refractivity contribution in [3.63, 3.8) is 0 Å². The molecule has 0 aliphatic heterocycles. The van der Waals surface area contributed by atoms with Crippen molar-refractivity contribution in [2.45, 2.75) is 0 Å². The van der Waals surface area contributed by atoms with E-state index in [1.54, 1.807) is 0 Å². The molecule has 0 atom stereocenters. The largest absolute Gasteiger partial charge is 0.443 e. The SMILES string of the molecule is Fc1cc(-c2cnco2)c(F)cc1Br. The van der Waals surface area contributed by atoms with Crippen molar-refractivity contribution in [3.05, 3.63) is 40.8 Å². The zero-order valence-electron chi connectivity index (χ0n) is 6.80. The highest BCUT2D eigenvalue weighted by molar-refractivity contribution is 9.10. The molecule has 1 aromatic heterocycles. The first-order valence-corrected chi connectivity index (χ1v) is 4.51. The first kappa shape index (κ1) is 9.33. The van der Waals surface area contributed by atoms with Crippen LogP contribution in [-0.4, -0.2) is 4.98 Å². The number of halogens is 3. The van der Waals surface area contributed by atoms with Crippen molar-refractivity contribution < 1.29 is 13.2 Å². The van der Waals surface area contributed by atoms with Crippen LogP contribution < -0.4 is 0 Å². The van der Waals surface area contributed by atoms with Gasteiger partial charge in [-0.15, -0.1) is 0 Å². The summed E-state index contributed by atoms with van der Waals surface area (Å²) in [6, 6.07) is 2.10. The molecule has 72 valence electrons. The monoisotopic (exact) mass is 259 g/mol. The Balaban J connectivity index is 2.60. The maximum absolute atomic E-state index is 13.3. The van der Waals surface area contributed by atoms with Gasteiger partial charge in [-0.3, -0.25) is 0 Å². The van der Waals surface area contributed by atoms with Crippen LogP contribution in [0.5, 0.6) is 0 Å². The number of nitrogens with zero attached hydrogens (tertiary/aromatic N) is 1. The summed E-state index contributed by atoms with van der Waals surface area (Å²) in [4.78, 5) is 3.62. The zero-order valence-corrected chi connectivity index (χ0v) is 8.38. The Labute approximate surface area is 86.7 Å². The van der Waals surface area contributed by atoms with Gasteiger partial charge in [-0.05, 0) is 28.1 Å². The van der Waals surface area contributed by atoms with Gasteiger partial charge in [0.25, 0.3) is 0 Å². The van der Waals surface area contributed by atoms with Gasteiger partial charge in [-0.25, -0.2) is 13.8 Å². The van der Waals surface area contributed by atoms with Crippen LogP contribution in [0.3, 0.4) is 0 Å². The Morgan fingerprint density at radius 3 is 2.64 bits per heavy atom. The molecule has 2 rings (SSSR count). The van der Waals surface area contributed by atoms with Gasteiger partial charge in [0, 0.05) is 0 Å². The van der Waals surface area contributed by atoms with E-state index < -0.39 is 11.6 Å². The van der Waals surface area contributed by atoms with Crippen LogP contribution in [0.2, 0.25) is 0 Å². The van der Waals surface area contributed by atoms with E-state index in [1.807, 2.05) is 0 Å². The fourth-order valence-corrected chi connectivity index (χ4v) is 1.38. The van der Waals surface area contributed by atoms with E-state index in [4.69, 9.17) is 4.42 Å². The maximum atomic E-state index is 13.3. The third-order valence-corrected chi connectivity index (χ3v) is 2.32. The molecule has 14 heavy (non-hydrogen) atoms. The molecule has 5 heteroatoms. The topological polar surface area (TPSA) is 26.0 Å². The van der Waals surface area contributed by atoms with Crippen LogP contribution in [0.1, 0.15) is 0 Å². The summed E-state index contributed by atoms with van der Waals surface area (Å²) in [6.45, 7) is 0. The van der Waals surface area contributed by atoms with E-state index in [0.29, 0.717) is 0 Å². The van der Waals surface area contributed by atoms with Crippen molar-refractivity contribution in [1.82, 2.24) is 4.98 Å². The second-order valence-electron chi connectivity index (χ2n) is 2.61. The normalized spacial score (nSPS) is 10.5. The summed E-state index contributed by atoms with van der Waals surface area (Å²) in [6.07, 6.45) is 2.49. The molecule has 1 aromatic carbocycles. The molecule has 0 unspecified atom stereocenters. The number of hydrogen-bond donors (Lipinski definition) is 0. The summed E-state index contributed by atoms with van der Waals surface area (Å²) in [5.74, 6) is -0.901. The van der Waals surface area contributed by atoms with Crippen LogP contribution >= 0.6 is 15.9 Å². The van der Waals surface area contributed by atoms with Crippen molar-refractivity contribution in [2.75, 3.05) is 0 Å². The van der Waals surface area contributed by atoms with Crippen LogP contribution in [-0.2, 0) is 0 Å². The summed E-state index contributed by atoms with van der Waals surface area (Å²) in [5.41, 5.74) is 0.0585. The Morgan fingerprint density at radius 1 is 1.21 bits per heavy atom. The van der Waals surface area contributed by atoms with E-state index in [9.17, 15) is 8.78 Å². The fraction of sp³-hybridized carbons (Fsp3) is 0. The lowest BCUT2D eigenvalue weighted by Crippen LogP contribution is -1.86. The minimum absolute atomic E-state index is 0.0585. The third kappa shape index (κ3) is 1.55. The molecule has 0 radical (unpaired) electrons. The van der Waals surface area contributed by atoms with Crippen molar-refractivity contribution in [1.29, 1.82) is 0 Å². The standard InChI is InChI=1S/C9H4BrF2NO/c10-6-2-7(11)5(1-8(6)12)9-3-13-4-14-9/h1-4H. The molecule has 0 fully saturated rings. The highest BCUT2D eigenvalue weighted by Gasteiger charge is 2.12. The summed E-state index contributed by atoms with van der Waals surface area (Å²) >= 11 is 2.88. The Morgan fingerprint density at radius 2 is 2.00 bits per heavy atom. The average molecular weight is 260 g/mol. The third-order valence-electron chi connectivity index (χ3n) is 1.71. The van der Waals surface area contributed by atoms with Crippen molar-refractivity contribution in [2.24, 2.45) is 0 Å². The number of oxazole rings is 1. The van der Waals surface area contributed by atoms with Gasteiger partial charge >= 0.3 is 0 Å². The van der Waals surface area contributed by atoms with E-state index >= 15 is 0 Å². The highest BCUT2D eigenvalue weighted by Crippen LogP contribution is 2.27. The zero-order chi connectivity index (χ0) is 10.1. The minimum atomic E-state index is -0.560. The molecule has 0 saturated carbocycles. The van der Waals surface area contributed by atoms with Crippen LogP contribution in [0.4, 0.5) is 8.78 Å². The predicted molar refractivity (Wildman–Crippen MR) is 49.6 cm³/mol. The van der Waals surface area contributed by atoms with Gasteiger partial charge in [0.2, 0.25) is 0 Å². The number of benzene rings is 1. The molecular weight excluding hydrogens is 256 g/mol. The molecule has 0 aliphatic rings. The van der Waals surface area contributed by atoms with Gasteiger partial charge in [-0.2, -0.15) is 0 Å². The van der Waals surface area contributed by atoms with Gasteiger partial charge in [0.15, 0.2) is 12.2 Å². The second kappa shape index (κ2) is 3.49. The Bertz CT molecular complexity index is 456. The van der Waals surface area contributed by atoms with Crippen LogP contribution in [0, 0.1) is 11.6 Å². The van der Waals surface area contributed by atoms with Gasteiger partial charge in [0.05, 0.1) is 16.2 Å². The first-order valence-electron chi connectivity index (χ1n) is 3.72. The summed E-state index contributed by atoms with van der Waals surface area (Å²) in [7, 11) is 0. The summed E-state index contributed by atoms with van der Waals surface area (Å²) in [5, 5.41) is 0. The molecule has 0 saturated heterocycles. The lowest BCUT2D eigenvalue weighted by molar-refractivity contribution is 0.555. The molecule has 1 heterocycles. The Hall–Kier alpha value is -1.23. The summed E-state index contributed by atoms with van der Waals surface area (Å²) < 4.78 is 31.3. The minimum Gasteiger partial charge on any atom is -0.443 e. The van der Waals surface area contributed by atoms with Crippen LogP contribution in [0.15, 0.2) is 33.6 Å². The molecular formula is C9H4BrF2NO. The van der Waals surface area contributed by atoms with Gasteiger partial charge < -0.3 is 4.42 Å². The highest BCUT2D eigenvalue weighted by atomic mass is 79.9. The Kier molecular flexibility index (Phi) is 2.33. The quantitative estimate of drug-likeness (QED) is 0.734. The molecule has 0 amide bonds. The van der Waals surface area contributed by atoms with Crippen molar-refractivity contribution >= 4 is 15.9 Å². The van der Waals surface area contributed by atoms with Gasteiger partial charge in [0.1, 0.15) is 11.6 Å². The molecule has 2 aromatic rings. The van der Waals surface area contributed by atoms with Crippen molar-refractivity contribution in [3.8, 4) is 11.3 Å². The van der Waals surface area contributed by atoms with E-state index in [-0.39, 0.29) is 15.8 Å². The van der Waals surface area contributed by atoms with Gasteiger partial charge in [-0.1, -0.05) is 0 Å². The second-order valence-corrected chi connectivity index (χ2v) is 3.47. The number of rotatable bonds is 1. The first-order chi connectivity index (χ1) is 6.68. The maximum Gasteiger partial charge on any atom is 0.181 e. The average Bonchev–Trinajstić information content (AvgIpc) is 2.64. The predicted octanol–water partition coefficient (Wildman–Crippen LogP) is 3.38. The molecule has 0 spiro atoms. The number of aromatic nitrogens is 1. The molecule has 2 nitrogen and oxygen atoms in total. The molecule has 0 bridgehead atoms.